The van der Waals surface area contributed by atoms with Crippen molar-refractivity contribution in [3.63, 3.8) is 0 Å². The Kier molecular flexibility index (Phi) is 6.22. The second-order valence-corrected chi connectivity index (χ2v) is 11.9. The summed E-state index contributed by atoms with van der Waals surface area (Å²) in [6.07, 6.45) is 0. The summed E-state index contributed by atoms with van der Waals surface area (Å²) in [4.78, 5) is 3.66. The van der Waals surface area contributed by atoms with Gasteiger partial charge in [-0.2, -0.15) is 5.26 Å². The molecular formula is C44H26N4. The van der Waals surface area contributed by atoms with Crippen LogP contribution in [0.2, 0.25) is 0 Å². The van der Waals surface area contributed by atoms with Gasteiger partial charge in [-0.25, -0.2) is 4.85 Å². The Balaban J connectivity index is 1.24. The third-order valence-electron chi connectivity index (χ3n) is 9.40. The Labute approximate surface area is 277 Å². The molecule has 7 aromatic carbocycles. The summed E-state index contributed by atoms with van der Waals surface area (Å²) in [7, 11) is 0. The number of hydrogen-bond acceptors (Lipinski definition) is 1. The van der Waals surface area contributed by atoms with E-state index in [4.69, 9.17) is 6.57 Å². The first-order chi connectivity index (χ1) is 23.7. The summed E-state index contributed by atoms with van der Waals surface area (Å²) < 4.78 is 4.51. The van der Waals surface area contributed by atoms with Crippen LogP contribution >= 0.6 is 0 Å². The van der Waals surface area contributed by atoms with Crippen molar-refractivity contribution in [2.24, 2.45) is 0 Å². The minimum Gasteiger partial charge on any atom is -0.309 e. The fourth-order valence-electron chi connectivity index (χ4n) is 7.33. The summed E-state index contributed by atoms with van der Waals surface area (Å²) in [6.45, 7) is 7.55. The average molecular weight is 611 g/mol. The number of fused-ring (bicyclic) bond motifs is 6. The lowest BCUT2D eigenvalue weighted by Gasteiger charge is -2.17. The van der Waals surface area contributed by atoms with Crippen molar-refractivity contribution >= 4 is 49.3 Å². The summed E-state index contributed by atoms with van der Waals surface area (Å²) in [6, 6.07) is 56.8. The van der Waals surface area contributed by atoms with Gasteiger partial charge >= 0.3 is 0 Å². The average Bonchev–Trinajstić information content (AvgIpc) is 3.67. The molecule has 0 saturated heterocycles. The van der Waals surface area contributed by atoms with Crippen LogP contribution in [0.25, 0.3) is 82.1 Å². The van der Waals surface area contributed by atoms with Gasteiger partial charge in [0, 0.05) is 21.7 Å². The normalized spacial score (nSPS) is 11.3. The van der Waals surface area contributed by atoms with E-state index in [-0.39, 0.29) is 0 Å². The molecule has 0 aliphatic heterocycles. The van der Waals surface area contributed by atoms with Gasteiger partial charge < -0.3 is 9.13 Å². The number of hydrogen-bond donors (Lipinski definition) is 0. The van der Waals surface area contributed by atoms with Gasteiger partial charge in [0.05, 0.1) is 45.6 Å². The maximum Gasteiger partial charge on any atom is 0.188 e. The van der Waals surface area contributed by atoms with Crippen molar-refractivity contribution in [2.75, 3.05) is 0 Å². The first kappa shape index (κ1) is 27.4. The van der Waals surface area contributed by atoms with Gasteiger partial charge in [-0.05, 0) is 70.6 Å². The smallest absolute Gasteiger partial charge is 0.188 e. The van der Waals surface area contributed by atoms with Crippen molar-refractivity contribution in [2.45, 2.75) is 0 Å². The molecule has 0 atom stereocenters. The highest BCUT2D eigenvalue weighted by Gasteiger charge is 2.19. The van der Waals surface area contributed by atoms with Gasteiger partial charge in [0.1, 0.15) is 6.07 Å². The molecule has 0 radical (unpaired) electrons. The molecule has 0 fully saturated rings. The van der Waals surface area contributed by atoms with Crippen molar-refractivity contribution in [1.82, 2.24) is 9.13 Å². The fourth-order valence-corrected chi connectivity index (χ4v) is 7.33. The number of nitrogens with zero attached hydrogens (tertiary/aromatic N) is 4. The van der Waals surface area contributed by atoms with Gasteiger partial charge in [0.2, 0.25) is 0 Å². The van der Waals surface area contributed by atoms with Crippen LogP contribution in [0.3, 0.4) is 0 Å². The maximum atomic E-state index is 10.6. The zero-order valence-electron chi connectivity index (χ0n) is 25.8. The van der Waals surface area contributed by atoms with E-state index in [1.54, 1.807) is 0 Å². The molecule has 0 N–H and O–H groups in total. The molecule has 0 bridgehead atoms. The van der Waals surface area contributed by atoms with Crippen LogP contribution < -0.4 is 0 Å². The zero-order valence-corrected chi connectivity index (χ0v) is 25.8. The van der Waals surface area contributed by atoms with E-state index in [1.807, 2.05) is 36.4 Å². The fraction of sp³-hybridized carbons (Fsp3) is 0. The van der Waals surface area contributed by atoms with E-state index in [0.717, 1.165) is 66.5 Å². The SMILES string of the molecule is [C-]#[N+]c1ccc2c(c1)c1ccccc1n2-c1ccc(-c2ccccc2-c2ccccc2-n2c3ccccc3c3ccccc32)cc1C#N. The van der Waals surface area contributed by atoms with E-state index in [9.17, 15) is 5.26 Å². The highest BCUT2D eigenvalue weighted by molar-refractivity contribution is 6.11. The summed E-state index contributed by atoms with van der Waals surface area (Å²) in [5.41, 5.74) is 11.6. The third-order valence-corrected chi connectivity index (χ3v) is 9.40. The highest BCUT2D eigenvalue weighted by atomic mass is 15.0. The molecule has 0 saturated carbocycles. The molecule has 9 rings (SSSR count). The molecule has 0 amide bonds. The molecule has 4 nitrogen and oxygen atoms in total. The molecule has 4 heteroatoms. The molecular weight excluding hydrogens is 585 g/mol. The third kappa shape index (κ3) is 4.07. The molecule has 2 heterocycles. The number of nitriles is 1. The number of rotatable bonds is 4. The summed E-state index contributed by atoms with van der Waals surface area (Å²) in [5, 5.41) is 15.1. The maximum absolute atomic E-state index is 10.6. The molecule has 0 aliphatic carbocycles. The van der Waals surface area contributed by atoms with Crippen molar-refractivity contribution < 1.29 is 0 Å². The molecule has 222 valence electrons. The van der Waals surface area contributed by atoms with Crippen LogP contribution in [-0.4, -0.2) is 9.13 Å². The van der Waals surface area contributed by atoms with E-state index in [2.05, 4.69) is 141 Å². The van der Waals surface area contributed by atoms with E-state index in [0.29, 0.717) is 11.3 Å². The topological polar surface area (TPSA) is 38.0 Å². The molecule has 0 unspecified atom stereocenters. The van der Waals surface area contributed by atoms with Crippen molar-refractivity contribution in [3.8, 4) is 39.7 Å². The Morgan fingerprint density at radius 2 is 0.979 bits per heavy atom. The summed E-state index contributed by atoms with van der Waals surface area (Å²) >= 11 is 0. The number of benzene rings is 7. The number of aromatic nitrogens is 2. The van der Waals surface area contributed by atoms with Gasteiger partial charge in [-0.15, -0.1) is 0 Å². The second kappa shape index (κ2) is 10.9. The van der Waals surface area contributed by atoms with E-state index >= 15 is 0 Å². The van der Waals surface area contributed by atoms with Crippen LogP contribution in [0, 0.1) is 17.9 Å². The molecule has 2 aromatic heterocycles. The zero-order chi connectivity index (χ0) is 32.2. The van der Waals surface area contributed by atoms with Gasteiger partial charge in [0.15, 0.2) is 5.69 Å². The van der Waals surface area contributed by atoms with Crippen LogP contribution in [0.4, 0.5) is 5.69 Å². The van der Waals surface area contributed by atoms with Crippen molar-refractivity contribution in [1.29, 1.82) is 5.26 Å². The first-order valence-electron chi connectivity index (χ1n) is 15.9. The van der Waals surface area contributed by atoms with Gasteiger partial charge in [0.25, 0.3) is 0 Å². The highest BCUT2D eigenvalue weighted by Crippen LogP contribution is 2.41. The Morgan fingerprint density at radius 1 is 0.458 bits per heavy atom. The minimum atomic E-state index is 0.579. The van der Waals surface area contributed by atoms with Gasteiger partial charge in [-0.1, -0.05) is 109 Å². The molecule has 48 heavy (non-hydrogen) atoms. The van der Waals surface area contributed by atoms with Gasteiger partial charge in [-0.3, -0.25) is 0 Å². The minimum absolute atomic E-state index is 0.579. The lowest BCUT2D eigenvalue weighted by Crippen LogP contribution is -1.99. The molecule has 9 aromatic rings. The standard InChI is InChI=1S/C44H26N4/c1-46-31-23-25-44-38(27-31)37-17-7-11-21-43(37)47(44)39-24-22-29(26-30(39)28-45)32-12-2-3-13-33(32)34-14-4-8-18-40(34)48-41-19-9-5-15-35(41)36-16-6-10-20-42(36)48/h2-27H. The van der Waals surface area contributed by atoms with Crippen molar-refractivity contribution in [3.05, 3.63) is 175 Å². The van der Waals surface area contributed by atoms with E-state index < -0.39 is 0 Å². The largest absolute Gasteiger partial charge is 0.309 e. The van der Waals surface area contributed by atoms with Crippen LogP contribution in [0.5, 0.6) is 0 Å². The Hall–Kier alpha value is -6.88. The second-order valence-electron chi connectivity index (χ2n) is 11.9. The lowest BCUT2D eigenvalue weighted by molar-refractivity contribution is 1.17. The predicted octanol–water partition coefficient (Wildman–Crippen LogP) is 11.6. The quantitative estimate of drug-likeness (QED) is 0.183. The molecule has 0 aliphatic rings. The van der Waals surface area contributed by atoms with Crippen LogP contribution in [-0.2, 0) is 0 Å². The first-order valence-corrected chi connectivity index (χ1v) is 15.9. The lowest BCUT2D eigenvalue weighted by atomic mass is 9.92. The predicted molar refractivity (Wildman–Crippen MR) is 197 cm³/mol. The Morgan fingerprint density at radius 3 is 1.62 bits per heavy atom. The van der Waals surface area contributed by atoms with E-state index in [1.165, 1.54) is 10.8 Å². The molecule has 0 spiro atoms. The van der Waals surface area contributed by atoms with Crippen LogP contribution in [0.1, 0.15) is 5.56 Å². The number of para-hydroxylation sites is 4. The Bertz CT molecular complexity index is 2760. The summed E-state index contributed by atoms with van der Waals surface area (Å²) in [5.74, 6) is 0. The monoisotopic (exact) mass is 610 g/mol. The van der Waals surface area contributed by atoms with Crippen LogP contribution in [0.15, 0.2) is 158 Å².